The average Bonchev–Trinajstić information content (AvgIpc) is 3.26. The minimum atomic E-state index is -1.69. The second-order valence-corrected chi connectivity index (χ2v) is 9.64. The van der Waals surface area contributed by atoms with E-state index >= 15 is 0 Å². The van der Waals surface area contributed by atoms with Crippen molar-refractivity contribution in [1.82, 2.24) is 0 Å². The molecular weight excluding hydrogens is 572 g/mol. The maximum Gasteiger partial charge on any atom is 0.338 e. The van der Waals surface area contributed by atoms with Crippen molar-refractivity contribution in [3.63, 3.8) is 0 Å². The highest BCUT2D eigenvalue weighted by Crippen LogP contribution is 2.44. The lowest BCUT2D eigenvalue weighted by Gasteiger charge is -2.40. The molecule has 0 aromatic heterocycles. The Balaban J connectivity index is 1.46. The Labute approximate surface area is 233 Å². The number of rotatable bonds is 7. The molecule has 0 bridgehead atoms. The maximum atomic E-state index is 13.2. The zero-order valence-corrected chi connectivity index (χ0v) is 22.2. The molecule has 2 saturated heterocycles. The van der Waals surface area contributed by atoms with Crippen LogP contribution in [0.2, 0.25) is 0 Å². The third-order valence-electron chi connectivity index (χ3n) is 6.27. The molecule has 202 valence electrons. The van der Waals surface area contributed by atoms with Crippen LogP contribution in [0.1, 0.15) is 31.1 Å². The second-order valence-electron chi connectivity index (χ2n) is 8.81. The van der Waals surface area contributed by atoms with Crippen LogP contribution in [0.15, 0.2) is 91.0 Å². The van der Waals surface area contributed by atoms with Gasteiger partial charge in [-0.3, -0.25) is 0 Å². The van der Waals surface area contributed by atoms with Crippen LogP contribution in [-0.2, 0) is 28.4 Å². The SMILES string of the molecule is O=C(OC[C@H]1O[C@@]2(OCCO[C@H]2Br)[C@@H](OC(=O)c2ccccc2)[C@@H]1OC(=O)c1ccccc1)c1ccccc1. The van der Waals surface area contributed by atoms with E-state index in [4.69, 9.17) is 28.4 Å². The first kappa shape index (κ1) is 27.0. The van der Waals surface area contributed by atoms with Crippen molar-refractivity contribution in [1.29, 1.82) is 0 Å². The number of esters is 3. The molecule has 2 aliphatic heterocycles. The molecular formula is C29H25BrO9. The van der Waals surface area contributed by atoms with Crippen LogP contribution < -0.4 is 0 Å². The minimum Gasteiger partial charge on any atom is -0.459 e. The molecule has 10 heteroatoms. The van der Waals surface area contributed by atoms with Gasteiger partial charge >= 0.3 is 17.9 Å². The van der Waals surface area contributed by atoms with E-state index in [0.29, 0.717) is 5.56 Å². The van der Waals surface area contributed by atoms with Crippen LogP contribution in [0.4, 0.5) is 0 Å². The number of halogens is 1. The predicted molar refractivity (Wildman–Crippen MR) is 140 cm³/mol. The Hall–Kier alpha value is -3.57. The molecule has 0 N–H and O–H groups in total. The molecule has 0 amide bonds. The fourth-order valence-corrected chi connectivity index (χ4v) is 5.07. The Morgan fingerprint density at radius 1 is 0.744 bits per heavy atom. The lowest BCUT2D eigenvalue weighted by Crippen LogP contribution is -2.58. The lowest BCUT2D eigenvalue weighted by molar-refractivity contribution is -0.317. The van der Waals surface area contributed by atoms with Gasteiger partial charge in [0.15, 0.2) is 17.2 Å². The van der Waals surface area contributed by atoms with E-state index in [1.807, 2.05) is 0 Å². The standard InChI is InChI=1S/C29H25BrO9/c30-28-29(36-17-16-34-28)24(38-27(33)21-14-8-3-9-15-21)23(37-26(32)20-12-6-2-7-13-20)22(39-29)18-35-25(31)19-10-4-1-5-11-19/h1-15,22-24,28H,16-18H2/t22-,23-,24+,28-,29+/m1/s1. The maximum absolute atomic E-state index is 13.2. The van der Waals surface area contributed by atoms with Gasteiger partial charge in [0, 0.05) is 0 Å². The van der Waals surface area contributed by atoms with Gasteiger partial charge in [-0.05, 0) is 36.4 Å². The van der Waals surface area contributed by atoms with Crippen molar-refractivity contribution in [2.75, 3.05) is 19.8 Å². The van der Waals surface area contributed by atoms with Crippen molar-refractivity contribution < 1.29 is 42.8 Å². The van der Waals surface area contributed by atoms with E-state index in [-0.39, 0.29) is 30.9 Å². The first-order chi connectivity index (χ1) is 19.0. The minimum absolute atomic E-state index is 0.122. The van der Waals surface area contributed by atoms with Crippen LogP contribution in [0.25, 0.3) is 0 Å². The van der Waals surface area contributed by atoms with E-state index in [9.17, 15) is 14.4 Å². The lowest BCUT2D eigenvalue weighted by atomic mass is 10.0. The molecule has 2 aliphatic rings. The zero-order chi connectivity index (χ0) is 27.2. The molecule has 5 atom stereocenters. The van der Waals surface area contributed by atoms with Crippen LogP contribution in [0.5, 0.6) is 0 Å². The molecule has 9 nitrogen and oxygen atoms in total. The molecule has 0 radical (unpaired) electrons. The monoisotopic (exact) mass is 596 g/mol. The number of hydrogen-bond acceptors (Lipinski definition) is 9. The van der Waals surface area contributed by atoms with Gasteiger partial charge in [-0.2, -0.15) is 0 Å². The third-order valence-corrected chi connectivity index (χ3v) is 7.18. The molecule has 5 rings (SSSR count). The van der Waals surface area contributed by atoms with E-state index in [1.54, 1.807) is 91.0 Å². The molecule has 2 fully saturated rings. The molecule has 2 heterocycles. The number of hydrogen-bond donors (Lipinski definition) is 0. The first-order valence-electron chi connectivity index (χ1n) is 12.3. The summed E-state index contributed by atoms with van der Waals surface area (Å²) >= 11 is 3.43. The third kappa shape index (κ3) is 5.89. The van der Waals surface area contributed by atoms with Gasteiger partial charge in [-0.1, -0.05) is 70.5 Å². The van der Waals surface area contributed by atoms with Gasteiger partial charge in [-0.25, -0.2) is 14.4 Å². The topological polar surface area (TPSA) is 107 Å². The van der Waals surface area contributed by atoms with Crippen LogP contribution in [-0.4, -0.2) is 66.8 Å². The van der Waals surface area contributed by atoms with E-state index in [1.165, 1.54) is 0 Å². The summed E-state index contributed by atoms with van der Waals surface area (Å²) in [6, 6.07) is 25.1. The second kappa shape index (κ2) is 12.1. The molecule has 3 aromatic carbocycles. The van der Waals surface area contributed by atoms with Crippen molar-refractivity contribution in [3.05, 3.63) is 108 Å². The van der Waals surface area contributed by atoms with Crippen molar-refractivity contribution >= 4 is 33.8 Å². The van der Waals surface area contributed by atoms with Crippen LogP contribution in [0, 0.1) is 0 Å². The highest BCUT2D eigenvalue weighted by Gasteiger charge is 2.65. The predicted octanol–water partition coefficient (Wildman–Crippen LogP) is 4.16. The molecule has 0 unspecified atom stereocenters. The molecule has 0 aliphatic carbocycles. The summed E-state index contributed by atoms with van der Waals surface area (Å²) in [5, 5.41) is -0.889. The van der Waals surface area contributed by atoms with Crippen molar-refractivity contribution in [3.8, 4) is 0 Å². The Morgan fingerprint density at radius 3 is 1.79 bits per heavy atom. The fraction of sp³-hybridized carbons (Fsp3) is 0.276. The summed E-state index contributed by atoms with van der Waals surface area (Å²) in [6.45, 7) is 0.0601. The van der Waals surface area contributed by atoms with Gasteiger partial charge in [0.25, 0.3) is 0 Å². The Bertz CT molecular complexity index is 1290. The van der Waals surface area contributed by atoms with E-state index in [2.05, 4.69) is 15.9 Å². The summed E-state index contributed by atoms with van der Waals surface area (Å²) in [5.74, 6) is -3.64. The summed E-state index contributed by atoms with van der Waals surface area (Å²) in [7, 11) is 0. The number of alkyl halides is 1. The molecule has 1 spiro atoms. The number of ether oxygens (including phenoxy) is 6. The van der Waals surface area contributed by atoms with E-state index in [0.717, 1.165) is 0 Å². The zero-order valence-electron chi connectivity index (χ0n) is 20.6. The summed E-state index contributed by atoms with van der Waals surface area (Å²) in [6.07, 6.45) is -3.54. The molecule has 39 heavy (non-hydrogen) atoms. The van der Waals surface area contributed by atoms with Gasteiger partial charge in [0.05, 0.1) is 29.9 Å². The number of carbonyl (C=O) groups excluding carboxylic acids is 3. The van der Waals surface area contributed by atoms with Gasteiger partial charge in [0.2, 0.25) is 5.79 Å². The van der Waals surface area contributed by atoms with Gasteiger partial charge in [0.1, 0.15) is 12.7 Å². The summed E-state index contributed by atoms with van der Waals surface area (Å²) < 4.78 is 35.4. The highest BCUT2D eigenvalue weighted by molar-refractivity contribution is 9.09. The highest BCUT2D eigenvalue weighted by atomic mass is 79.9. The van der Waals surface area contributed by atoms with Crippen molar-refractivity contribution in [2.45, 2.75) is 29.1 Å². The average molecular weight is 597 g/mol. The van der Waals surface area contributed by atoms with E-state index < -0.39 is 47.0 Å². The molecule has 0 saturated carbocycles. The van der Waals surface area contributed by atoms with Gasteiger partial charge < -0.3 is 28.4 Å². The van der Waals surface area contributed by atoms with Crippen LogP contribution in [0.3, 0.4) is 0 Å². The first-order valence-corrected chi connectivity index (χ1v) is 13.2. The summed E-state index contributed by atoms with van der Waals surface area (Å²) in [4.78, 5) is 39.0. The number of benzene rings is 3. The van der Waals surface area contributed by atoms with Gasteiger partial charge in [-0.15, -0.1) is 0 Å². The Kier molecular flexibility index (Phi) is 8.37. The van der Waals surface area contributed by atoms with Crippen molar-refractivity contribution in [2.24, 2.45) is 0 Å². The quantitative estimate of drug-likeness (QED) is 0.226. The normalized spacial score (nSPS) is 26.1. The van der Waals surface area contributed by atoms with Crippen LogP contribution >= 0.6 is 15.9 Å². The largest absolute Gasteiger partial charge is 0.459 e. The Morgan fingerprint density at radius 2 is 1.26 bits per heavy atom. The summed E-state index contributed by atoms with van der Waals surface area (Å²) in [5.41, 5.74) is 0.899. The number of carbonyl (C=O) groups is 3. The smallest absolute Gasteiger partial charge is 0.338 e. The molecule has 3 aromatic rings. The fourth-order valence-electron chi connectivity index (χ4n) is 4.38.